The van der Waals surface area contributed by atoms with Crippen molar-refractivity contribution in [3.63, 3.8) is 0 Å². The Labute approximate surface area is 78.8 Å². The fourth-order valence-electron chi connectivity index (χ4n) is 1.33. The highest BCUT2D eigenvalue weighted by molar-refractivity contribution is 9.10. The van der Waals surface area contributed by atoms with Gasteiger partial charge in [-0.1, -0.05) is 31.9 Å². The number of ether oxygens (including phenoxy) is 1. The van der Waals surface area contributed by atoms with E-state index in [1.807, 2.05) is 0 Å². The average molecular weight is 272 g/mol. The van der Waals surface area contributed by atoms with Crippen LogP contribution in [-0.2, 0) is 4.74 Å². The van der Waals surface area contributed by atoms with Gasteiger partial charge in [0.05, 0.1) is 6.10 Å². The van der Waals surface area contributed by atoms with E-state index in [2.05, 4.69) is 31.9 Å². The summed E-state index contributed by atoms with van der Waals surface area (Å²) in [4.78, 5) is 1.27. The third kappa shape index (κ3) is 2.51. The molecule has 0 aromatic heterocycles. The van der Waals surface area contributed by atoms with Crippen molar-refractivity contribution in [3.05, 3.63) is 0 Å². The summed E-state index contributed by atoms with van der Waals surface area (Å²) in [5.74, 6) is 0. The predicted octanol–water partition coefficient (Wildman–Crippen LogP) is 2.71. The second-order valence-electron chi connectivity index (χ2n) is 2.76. The first-order chi connectivity index (χ1) is 4.72. The van der Waals surface area contributed by atoms with Crippen molar-refractivity contribution in [2.24, 2.45) is 0 Å². The summed E-state index contributed by atoms with van der Waals surface area (Å²) in [7, 11) is 1.79. The Kier molecular flexibility index (Phi) is 3.67. The normalized spacial score (nSPS) is 41.7. The second kappa shape index (κ2) is 4.07. The van der Waals surface area contributed by atoms with E-state index < -0.39 is 0 Å². The molecule has 1 rings (SSSR count). The molecule has 2 unspecified atom stereocenters. The fraction of sp³-hybridized carbons (Fsp3) is 1.00. The maximum Gasteiger partial charge on any atom is 0.0592 e. The van der Waals surface area contributed by atoms with Crippen LogP contribution in [0.2, 0.25) is 0 Å². The SMILES string of the molecule is COC1CC(Br)CC(Br)C1. The standard InChI is InChI=1S/C7H12Br2O/c1-10-7-3-5(8)2-6(9)4-7/h5-7H,2-4H2,1H3. The highest BCUT2D eigenvalue weighted by Crippen LogP contribution is 2.30. The van der Waals surface area contributed by atoms with Gasteiger partial charge in [-0.15, -0.1) is 0 Å². The molecule has 1 nitrogen and oxygen atoms in total. The molecule has 1 fully saturated rings. The molecule has 0 amide bonds. The van der Waals surface area contributed by atoms with Gasteiger partial charge in [-0.2, -0.15) is 0 Å². The summed E-state index contributed by atoms with van der Waals surface area (Å²) in [6.07, 6.45) is 3.97. The summed E-state index contributed by atoms with van der Waals surface area (Å²) < 4.78 is 5.27. The molecule has 0 radical (unpaired) electrons. The smallest absolute Gasteiger partial charge is 0.0592 e. The summed E-state index contributed by atoms with van der Waals surface area (Å²) >= 11 is 7.20. The van der Waals surface area contributed by atoms with Crippen molar-refractivity contribution in [3.8, 4) is 0 Å². The Morgan fingerprint density at radius 2 is 1.60 bits per heavy atom. The molecular formula is C7H12Br2O. The largest absolute Gasteiger partial charge is 0.381 e. The van der Waals surface area contributed by atoms with Crippen molar-refractivity contribution in [1.82, 2.24) is 0 Å². The molecule has 2 atom stereocenters. The van der Waals surface area contributed by atoms with Crippen LogP contribution in [0.1, 0.15) is 19.3 Å². The van der Waals surface area contributed by atoms with Crippen LogP contribution in [0.5, 0.6) is 0 Å². The minimum Gasteiger partial charge on any atom is -0.381 e. The number of rotatable bonds is 1. The molecular weight excluding hydrogens is 260 g/mol. The molecule has 0 aliphatic heterocycles. The van der Waals surface area contributed by atoms with Gasteiger partial charge in [-0.3, -0.25) is 0 Å². The zero-order valence-corrected chi connectivity index (χ0v) is 9.19. The van der Waals surface area contributed by atoms with Gasteiger partial charge >= 0.3 is 0 Å². The van der Waals surface area contributed by atoms with Crippen molar-refractivity contribution in [2.45, 2.75) is 35.0 Å². The number of hydrogen-bond donors (Lipinski definition) is 0. The van der Waals surface area contributed by atoms with Gasteiger partial charge in [-0.05, 0) is 19.3 Å². The third-order valence-electron chi connectivity index (χ3n) is 1.88. The number of hydrogen-bond acceptors (Lipinski definition) is 1. The van der Waals surface area contributed by atoms with Gasteiger partial charge in [0.15, 0.2) is 0 Å². The zero-order valence-electron chi connectivity index (χ0n) is 6.02. The van der Waals surface area contributed by atoms with Gasteiger partial charge in [-0.25, -0.2) is 0 Å². The molecule has 0 aromatic carbocycles. The first kappa shape index (κ1) is 9.01. The maximum atomic E-state index is 5.27. The van der Waals surface area contributed by atoms with Gasteiger partial charge < -0.3 is 4.74 Å². The average Bonchev–Trinajstić information content (AvgIpc) is 1.85. The van der Waals surface area contributed by atoms with Crippen molar-refractivity contribution in [2.75, 3.05) is 7.11 Å². The molecule has 0 saturated heterocycles. The third-order valence-corrected chi connectivity index (χ3v) is 3.38. The van der Waals surface area contributed by atoms with Gasteiger partial charge in [0.25, 0.3) is 0 Å². The quantitative estimate of drug-likeness (QED) is 0.667. The van der Waals surface area contributed by atoms with E-state index in [0.29, 0.717) is 15.8 Å². The van der Waals surface area contributed by atoms with Crippen LogP contribution in [0.4, 0.5) is 0 Å². The maximum absolute atomic E-state index is 5.27. The van der Waals surface area contributed by atoms with Crippen LogP contribution in [0.3, 0.4) is 0 Å². The lowest BCUT2D eigenvalue weighted by Crippen LogP contribution is -2.28. The summed E-state index contributed by atoms with van der Waals surface area (Å²) in [6, 6.07) is 0. The number of alkyl halides is 2. The fourth-order valence-corrected chi connectivity index (χ4v) is 3.57. The predicted molar refractivity (Wildman–Crippen MR) is 50.1 cm³/mol. The highest BCUT2D eigenvalue weighted by Gasteiger charge is 2.25. The summed E-state index contributed by atoms with van der Waals surface area (Å²) in [6.45, 7) is 0. The molecule has 0 heterocycles. The van der Waals surface area contributed by atoms with Gasteiger partial charge in [0, 0.05) is 16.8 Å². The Hall–Kier alpha value is 0.920. The van der Waals surface area contributed by atoms with E-state index in [-0.39, 0.29) is 0 Å². The Balaban J connectivity index is 2.35. The Bertz CT molecular complexity index is 97.8. The number of methoxy groups -OCH3 is 1. The summed E-state index contributed by atoms with van der Waals surface area (Å²) in [5, 5.41) is 0. The molecule has 60 valence electrons. The molecule has 1 aliphatic carbocycles. The number of halogens is 2. The highest BCUT2D eigenvalue weighted by atomic mass is 79.9. The molecule has 3 heteroatoms. The van der Waals surface area contributed by atoms with Crippen LogP contribution in [0, 0.1) is 0 Å². The van der Waals surface area contributed by atoms with Crippen molar-refractivity contribution < 1.29 is 4.74 Å². The van der Waals surface area contributed by atoms with E-state index in [1.165, 1.54) is 6.42 Å². The van der Waals surface area contributed by atoms with Crippen LogP contribution in [-0.4, -0.2) is 22.9 Å². The van der Waals surface area contributed by atoms with Crippen LogP contribution in [0.15, 0.2) is 0 Å². The molecule has 0 bridgehead atoms. The monoisotopic (exact) mass is 270 g/mol. The summed E-state index contributed by atoms with van der Waals surface area (Å²) in [5.41, 5.74) is 0. The zero-order chi connectivity index (χ0) is 7.56. The van der Waals surface area contributed by atoms with Crippen LogP contribution < -0.4 is 0 Å². The van der Waals surface area contributed by atoms with Crippen molar-refractivity contribution in [1.29, 1.82) is 0 Å². The molecule has 0 N–H and O–H groups in total. The molecule has 0 aromatic rings. The second-order valence-corrected chi connectivity index (χ2v) is 5.35. The molecule has 1 saturated carbocycles. The van der Waals surface area contributed by atoms with Gasteiger partial charge in [0.2, 0.25) is 0 Å². The Morgan fingerprint density at radius 3 is 2.00 bits per heavy atom. The lowest BCUT2D eigenvalue weighted by molar-refractivity contribution is 0.0763. The minimum absolute atomic E-state index is 0.447. The van der Waals surface area contributed by atoms with Gasteiger partial charge in [0.1, 0.15) is 0 Å². The van der Waals surface area contributed by atoms with E-state index in [4.69, 9.17) is 4.74 Å². The molecule has 10 heavy (non-hydrogen) atoms. The van der Waals surface area contributed by atoms with E-state index in [0.717, 1.165) is 12.8 Å². The van der Waals surface area contributed by atoms with Crippen molar-refractivity contribution >= 4 is 31.9 Å². The van der Waals surface area contributed by atoms with E-state index >= 15 is 0 Å². The first-order valence-electron chi connectivity index (χ1n) is 3.53. The first-order valence-corrected chi connectivity index (χ1v) is 5.36. The topological polar surface area (TPSA) is 9.23 Å². The van der Waals surface area contributed by atoms with Crippen LogP contribution >= 0.6 is 31.9 Å². The molecule has 0 spiro atoms. The van der Waals surface area contributed by atoms with E-state index in [1.54, 1.807) is 7.11 Å². The van der Waals surface area contributed by atoms with Crippen LogP contribution in [0.25, 0.3) is 0 Å². The Morgan fingerprint density at radius 1 is 1.10 bits per heavy atom. The lowest BCUT2D eigenvalue weighted by Gasteiger charge is -2.28. The minimum atomic E-state index is 0.447. The molecule has 1 aliphatic rings. The lowest BCUT2D eigenvalue weighted by atomic mass is 9.97. The van der Waals surface area contributed by atoms with E-state index in [9.17, 15) is 0 Å².